The lowest BCUT2D eigenvalue weighted by Gasteiger charge is -2.43. The number of hydrogen-bond donors (Lipinski definition) is 1. The van der Waals surface area contributed by atoms with Crippen molar-refractivity contribution in [2.45, 2.75) is 51.9 Å². The third-order valence-electron chi connectivity index (χ3n) is 3.69. The Morgan fingerprint density at radius 3 is 2.74 bits per heavy atom. The van der Waals surface area contributed by atoms with Gasteiger partial charge in [0.1, 0.15) is 0 Å². The smallest absolute Gasteiger partial charge is 0.0805 e. The molecular formula is C16H26N2O. The normalized spacial score (nSPS) is 24.3. The second-order valence-electron chi connectivity index (χ2n) is 6.14. The molecule has 1 aromatic carbocycles. The highest BCUT2D eigenvalue weighted by Gasteiger charge is 2.32. The molecule has 1 heterocycles. The van der Waals surface area contributed by atoms with Crippen molar-refractivity contribution in [1.82, 2.24) is 0 Å². The van der Waals surface area contributed by atoms with Crippen LogP contribution in [0.5, 0.6) is 0 Å². The van der Waals surface area contributed by atoms with Gasteiger partial charge in [0.2, 0.25) is 0 Å². The Labute approximate surface area is 116 Å². The zero-order chi connectivity index (χ0) is 14.0. The predicted octanol–water partition coefficient (Wildman–Crippen LogP) is 3.10. The van der Waals surface area contributed by atoms with E-state index < -0.39 is 0 Å². The van der Waals surface area contributed by atoms with Gasteiger partial charge in [-0.15, -0.1) is 0 Å². The van der Waals surface area contributed by atoms with Gasteiger partial charge >= 0.3 is 0 Å². The molecule has 0 amide bonds. The monoisotopic (exact) mass is 262 g/mol. The number of ether oxygens (including phenoxy) is 1. The number of anilines is 1. The highest BCUT2D eigenvalue weighted by Crippen LogP contribution is 2.31. The summed E-state index contributed by atoms with van der Waals surface area (Å²) in [6.07, 6.45) is 1.20. The zero-order valence-corrected chi connectivity index (χ0v) is 12.5. The molecule has 1 aromatic rings. The van der Waals surface area contributed by atoms with Crippen molar-refractivity contribution in [3.63, 3.8) is 0 Å². The molecule has 1 aliphatic heterocycles. The molecule has 1 fully saturated rings. The standard InChI is InChI=1S/C16H26N2O/c1-5-14(17)13-8-6-7-9-15(13)18-10-12(2)19-16(3,4)11-18/h6-9,12,14H,5,10-11,17H2,1-4H3/t12?,14-/m1/s1. The van der Waals surface area contributed by atoms with Crippen molar-refractivity contribution in [2.75, 3.05) is 18.0 Å². The maximum absolute atomic E-state index is 6.25. The van der Waals surface area contributed by atoms with E-state index in [4.69, 9.17) is 10.5 Å². The molecule has 2 atom stereocenters. The molecule has 3 nitrogen and oxygen atoms in total. The van der Waals surface area contributed by atoms with Crippen LogP contribution in [0.2, 0.25) is 0 Å². The van der Waals surface area contributed by atoms with Gasteiger partial charge in [-0.3, -0.25) is 0 Å². The molecule has 0 aromatic heterocycles. The van der Waals surface area contributed by atoms with E-state index in [1.54, 1.807) is 0 Å². The van der Waals surface area contributed by atoms with Crippen molar-refractivity contribution in [3.8, 4) is 0 Å². The first-order valence-electron chi connectivity index (χ1n) is 7.20. The molecule has 1 aliphatic rings. The average Bonchev–Trinajstić information content (AvgIpc) is 2.35. The minimum Gasteiger partial charge on any atom is -0.369 e. The van der Waals surface area contributed by atoms with Crippen LogP contribution in [0.15, 0.2) is 24.3 Å². The fraction of sp³-hybridized carbons (Fsp3) is 0.625. The summed E-state index contributed by atoms with van der Waals surface area (Å²) in [6.45, 7) is 10.4. The molecule has 2 N–H and O–H groups in total. The number of benzene rings is 1. The van der Waals surface area contributed by atoms with Crippen LogP contribution < -0.4 is 10.6 Å². The van der Waals surface area contributed by atoms with Crippen LogP contribution in [-0.4, -0.2) is 24.8 Å². The molecular weight excluding hydrogens is 236 g/mol. The van der Waals surface area contributed by atoms with Gasteiger partial charge in [0, 0.05) is 24.8 Å². The van der Waals surface area contributed by atoms with Crippen LogP contribution in [-0.2, 0) is 4.74 Å². The Morgan fingerprint density at radius 1 is 1.42 bits per heavy atom. The molecule has 0 spiro atoms. The quantitative estimate of drug-likeness (QED) is 0.909. The van der Waals surface area contributed by atoms with Crippen LogP contribution in [0.25, 0.3) is 0 Å². The van der Waals surface area contributed by atoms with Crippen LogP contribution >= 0.6 is 0 Å². The topological polar surface area (TPSA) is 38.5 Å². The first-order valence-corrected chi connectivity index (χ1v) is 7.20. The molecule has 1 unspecified atom stereocenters. The Morgan fingerprint density at radius 2 is 2.11 bits per heavy atom. The summed E-state index contributed by atoms with van der Waals surface area (Å²) < 4.78 is 5.98. The number of nitrogens with two attached hydrogens (primary N) is 1. The zero-order valence-electron chi connectivity index (χ0n) is 12.5. The second kappa shape index (κ2) is 5.51. The minimum absolute atomic E-state index is 0.109. The highest BCUT2D eigenvalue weighted by atomic mass is 16.5. The van der Waals surface area contributed by atoms with Crippen molar-refractivity contribution in [3.05, 3.63) is 29.8 Å². The lowest BCUT2D eigenvalue weighted by molar-refractivity contribution is -0.0750. The van der Waals surface area contributed by atoms with E-state index in [2.05, 4.69) is 56.9 Å². The molecule has 0 bridgehead atoms. The lowest BCUT2D eigenvalue weighted by atomic mass is 9.99. The first kappa shape index (κ1) is 14.4. The minimum atomic E-state index is -0.110. The largest absolute Gasteiger partial charge is 0.369 e. The molecule has 106 valence electrons. The summed E-state index contributed by atoms with van der Waals surface area (Å²) in [6, 6.07) is 8.60. The van der Waals surface area contributed by atoms with Gasteiger partial charge in [-0.1, -0.05) is 25.1 Å². The third-order valence-corrected chi connectivity index (χ3v) is 3.69. The van der Waals surface area contributed by atoms with E-state index in [-0.39, 0.29) is 17.7 Å². The number of para-hydroxylation sites is 1. The van der Waals surface area contributed by atoms with Gasteiger partial charge in [0.25, 0.3) is 0 Å². The van der Waals surface area contributed by atoms with E-state index in [0.717, 1.165) is 19.5 Å². The Bertz CT molecular complexity index is 431. The summed E-state index contributed by atoms with van der Waals surface area (Å²) in [5.74, 6) is 0. The van der Waals surface area contributed by atoms with Gasteiger partial charge in [-0.25, -0.2) is 0 Å². The number of hydrogen-bond acceptors (Lipinski definition) is 3. The summed E-state index contributed by atoms with van der Waals surface area (Å²) in [5.41, 5.74) is 8.65. The van der Waals surface area contributed by atoms with Crippen LogP contribution in [0, 0.1) is 0 Å². The van der Waals surface area contributed by atoms with E-state index in [1.807, 2.05) is 0 Å². The highest BCUT2D eigenvalue weighted by molar-refractivity contribution is 5.55. The molecule has 0 radical (unpaired) electrons. The van der Waals surface area contributed by atoms with Gasteiger partial charge in [0.05, 0.1) is 11.7 Å². The van der Waals surface area contributed by atoms with Gasteiger partial charge in [-0.2, -0.15) is 0 Å². The lowest BCUT2D eigenvalue weighted by Crippen LogP contribution is -2.52. The van der Waals surface area contributed by atoms with Gasteiger partial charge in [0.15, 0.2) is 0 Å². The van der Waals surface area contributed by atoms with Crippen molar-refractivity contribution in [1.29, 1.82) is 0 Å². The van der Waals surface area contributed by atoms with E-state index in [9.17, 15) is 0 Å². The molecule has 3 heteroatoms. The molecule has 2 rings (SSSR count). The predicted molar refractivity (Wildman–Crippen MR) is 80.5 cm³/mol. The van der Waals surface area contributed by atoms with Crippen LogP contribution in [0.3, 0.4) is 0 Å². The van der Waals surface area contributed by atoms with E-state index in [1.165, 1.54) is 11.3 Å². The van der Waals surface area contributed by atoms with Crippen molar-refractivity contribution >= 4 is 5.69 Å². The Kier molecular flexibility index (Phi) is 4.16. The first-order chi connectivity index (χ1) is 8.93. The van der Waals surface area contributed by atoms with E-state index >= 15 is 0 Å². The molecule has 1 saturated heterocycles. The van der Waals surface area contributed by atoms with Crippen molar-refractivity contribution < 1.29 is 4.74 Å². The van der Waals surface area contributed by atoms with Crippen molar-refractivity contribution in [2.24, 2.45) is 5.73 Å². The maximum atomic E-state index is 6.25. The fourth-order valence-electron chi connectivity index (χ4n) is 2.95. The summed E-state index contributed by atoms with van der Waals surface area (Å²) in [4.78, 5) is 2.42. The second-order valence-corrected chi connectivity index (χ2v) is 6.14. The fourth-order valence-corrected chi connectivity index (χ4v) is 2.95. The molecule has 0 saturated carbocycles. The maximum Gasteiger partial charge on any atom is 0.0805 e. The Hall–Kier alpha value is -1.06. The third kappa shape index (κ3) is 3.28. The number of morpholine rings is 1. The van der Waals surface area contributed by atoms with Crippen LogP contribution in [0.1, 0.15) is 45.7 Å². The summed E-state index contributed by atoms with van der Waals surface area (Å²) in [7, 11) is 0. The van der Waals surface area contributed by atoms with Crippen LogP contribution in [0.4, 0.5) is 5.69 Å². The summed E-state index contributed by atoms with van der Waals surface area (Å²) in [5, 5.41) is 0. The number of rotatable bonds is 3. The van der Waals surface area contributed by atoms with Gasteiger partial charge < -0.3 is 15.4 Å². The van der Waals surface area contributed by atoms with Gasteiger partial charge in [-0.05, 0) is 38.8 Å². The van der Waals surface area contributed by atoms with E-state index in [0.29, 0.717) is 0 Å². The summed E-state index contributed by atoms with van der Waals surface area (Å²) >= 11 is 0. The molecule has 0 aliphatic carbocycles. The molecule has 19 heavy (non-hydrogen) atoms. The Balaban J connectivity index is 2.31. The SMILES string of the molecule is CC[C@@H](N)c1ccccc1N1CC(C)OC(C)(C)C1. The average molecular weight is 262 g/mol. The number of nitrogens with zero attached hydrogens (tertiary/aromatic N) is 1.